The monoisotopic (exact) mass is 482 g/mol. The lowest BCUT2D eigenvalue weighted by molar-refractivity contribution is -0.142. The van der Waals surface area contributed by atoms with E-state index in [1.807, 2.05) is 0 Å². The van der Waals surface area contributed by atoms with Gasteiger partial charge >= 0.3 is 11.9 Å². The minimum absolute atomic E-state index is 0.162. The summed E-state index contributed by atoms with van der Waals surface area (Å²) < 4.78 is 0. The van der Waals surface area contributed by atoms with Gasteiger partial charge in [0.15, 0.2) is 0 Å². The Morgan fingerprint density at radius 1 is 0.968 bits per heavy atom. The molecule has 12 nitrogen and oxygen atoms in total. The van der Waals surface area contributed by atoms with Gasteiger partial charge in [-0.3, -0.25) is 19.2 Å². The predicted molar refractivity (Wildman–Crippen MR) is 117 cm³/mol. The molecule has 0 saturated heterocycles. The van der Waals surface area contributed by atoms with E-state index in [0.29, 0.717) is 5.75 Å². The average Bonchev–Trinajstić information content (AvgIpc) is 2.69. The Labute approximate surface area is 189 Å². The number of nitrogens with one attached hydrogen (secondary N) is 3. The first-order valence-corrected chi connectivity index (χ1v) is 11.4. The molecular formula is C17H30N4O8S2. The van der Waals surface area contributed by atoms with Crippen LogP contribution in [0.1, 0.15) is 26.2 Å². The number of aliphatic hydroxyl groups excluding tert-OH is 1. The van der Waals surface area contributed by atoms with Gasteiger partial charge in [0, 0.05) is 12.2 Å². The van der Waals surface area contributed by atoms with Crippen LogP contribution >= 0.6 is 24.4 Å². The highest BCUT2D eigenvalue weighted by molar-refractivity contribution is 7.98. The molecule has 0 spiro atoms. The van der Waals surface area contributed by atoms with Gasteiger partial charge in [-0.05, 0) is 31.8 Å². The number of rotatable bonds is 15. The molecular weight excluding hydrogens is 452 g/mol. The standard InChI is InChI=1S/C17H30N4O8S2/c1-8(22)13(21-14(25)9(18)3-4-12(23)24)16(27)19-10(5-6-31-2)15(26)20-11(7-30)17(28)29/h8-11,13,22,30H,3-7,18H2,1-2H3,(H,19,27)(H,20,26)(H,21,25)(H,23,24)(H,28,29). The molecule has 0 aromatic rings. The molecule has 0 saturated carbocycles. The van der Waals surface area contributed by atoms with Crippen molar-refractivity contribution in [2.24, 2.45) is 5.73 Å². The Morgan fingerprint density at radius 2 is 1.55 bits per heavy atom. The van der Waals surface area contributed by atoms with E-state index in [0.717, 1.165) is 0 Å². The summed E-state index contributed by atoms with van der Waals surface area (Å²) >= 11 is 5.26. The van der Waals surface area contributed by atoms with Gasteiger partial charge in [0.2, 0.25) is 17.7 Å². The molecule has 0 fully saturated rings. The number of carbonyl (C=O) groups excluding carboxylic acids is 3. The molecule has 8 N–H and O–H groups in total. The third kappa shape index (κ3) is 11.2. The van der Waals surface area contributed by atoms with E-state index < -0.39 is 59.9 Å². The summed E-state index contributed by atoms with van der Waals surface area (Å²) in [4.78, 5) is 59.0. The molecule has 0 rings (SSSR count). The van der Waals surface area contributed by atoms with Crippen LogP contribution in [0.25, 0.3) is 0 Å². The maximum Gasteiger partial charge on any atom is 0.327 e. The average molecular weight is 483 g/mol. The number of thioether (sulfide) groups is 1. The fourth-order valence-corrected chi connectivity index (χ4v) is 3.02. The first-order valence-electron chi connectivity index (χ1n) is 9.33. The third-order valence-corrected chi connectivity index (χ3v) is 5.12. The molecule has 0 bridgehead atoms. The molecule has 0 radical (unpaired) electrons. The summed E-state index contributed by atoms with van der Waals surface area (Å²) in [7, 11) is 0. The summed E-state index contributed by atoms with van der Waals surface area (Å²) in [5.74, 6) is -4.61. The minimum atomic E-state index is -1.46. The number of amides is 3. The number of carboxylic acids is 2. The van der Waals surface area contributed by atoms with Gasteiger partial charge in [-0.25, -0.2) is 4.79 Å². The smallest absolute Gasteiger partial charge is 0.327 e. The number of thiol groups is 1. The molecule has 14 heteroatoms. The zero-order valence-electron chi connectivity index (χ0n) is 17.2. The molecule has 0 aromatic carbocycles. The number of nitrogens with two attached hydrogens (primary N) is 1. The summed E-state index contributed by atoms with van der Waals surface area (Å²) in [6.07, 6.45) is 0.0588. The van der Waals surface area contributed by atoms with Crippen LogP contribution in [0.15, 0.2) is 0 Å². The van der Waals surface area contributed by atoms with Crippen LogP contribution in [-0.2, 0) is 24.0 Å². The Morgan fingerprint density at radius 3 is 2.00 bits per heavy atom. The minimum Gasteiger partial charge on any atom is -0.481 e. The molecule has 0 aliphatic rings. The van der Waals surface area contributed by atoms with Gasteiger partial charge in [0.1, 0.15) is 18.1 Å². The van der Waals surface area contributed by atoms with Crippen LogP contribution in [0.4, 0.5) is 0 Å². The van der Waals surface area contributed by atoms with Gasteiger partial charge in [-0.2, -0.15) is 24.4 Å². The third-order valence-electron chi connectivity index (χ3n) is 4.11. The molecule has 178 valence electrons. The highest BCUT2D eigenvalue weighted by atomic mass is 32.2. The SMILES string of the molecule is CSCCC(NC(=O)C(NC(=O)C(N)CCC(=O)O)C(C)O)C(=O)NC(CS)C(=O)O. The normalized spacial score (nSPS) is 15.6. The molecule has 5 atom stereocenters. The van der Waals surface area contributed by atoms with E-state index in [2.05, 4.69) is 28.6 Å². The highest BCUT2D eigenvalue weighted by Crippen LogP contribution is 2.05. The molecule has 0 aromatic heterocycles. The van der Waals surface area contributed by atoms with Gasteiger partial charge in [0.25, 0.3) is 0 Å². The van der Waals surface area contributed by atoms with Crippen molar-refractivity contribution in [3.05, 3.63) is 0 Å². The number of carbonyl (C=O) groups is 5. The van der Waals surface area contributed by atoms with E-state index in [1.54, 1.807) is 6.26 Å². The second-order valence-corrected chi connectivity index (χ2v) is 8.04. The van der Waals surface area contributed by atoms with Crippen LogP contribution in [0.2, 0.25) is 0 Å². The Kier molecular flexibility index (Phi) is 13.9. The lowest BCUT2D eigenvalue weighted by atomic mass is 10.1. The summed E-state index contributed by atoms with van der Waals surface area (Å²) in [5, 5.41) is 34.6. The number of carboxylic acid groups (broad SMARTS) is 2. The van der Waals surface area contributed by atoms with Crippen LogP contribution in [-0.4, -0.2) is 93.0 Å². The van der Waals surface area contributed by atoms with Crippen molar-refractivity contribution in [1.29, 1.82) is 0 Å². The summed E-state index contributed by atoms with van der Waals surface area (Å²) in [6.45, 7) is 1.24. The van der Waals surface area contributed by atoms with Crippen molar-refractivity contribution >= 4 is 54.1 Å². The fourth-order valence-electron chi connectivity index (χ4n) is 2.30. The zero-order valence-corrected chi connectivity index (χ0v) is 18.9. The van der Waals surface area contributed by atoms with Crippen LogP contribution in [0.3, 0.4) is 0 Å². The van der Waals surface area contributed by atoms with Gasteiger partial charge in [0.05, 0.1) is 12.1 Å². The zero-order chi connectivity index (χ0) is 24.1. The summed E-state index contributed by atoms with van der Waals surface area (Å²) in [5.41, 5.74) is 5.61. The van der Waals surface area contributed by atoms with E-state index in [4.69, 9.17) is 15.9 Å². The molecule has 0 heterocycles. The van der Waals surface area contributed by atoms with Crippen molar-refractivity contribution in [2.75, 3.05) is 17.8 Å². The first kappa shape index (κ1) is 29.0. The van der Waals surface area contributed by atoms with Crippen LogP contribution in [0.5, 0.6) is 0 Å². The predicted octanol–water partition coefficient (Wildman–Crippen LogP) is -2.22. The second-order valence-electron chi connectivity index (χ2n) is 6.69. The quantitative estimate of drug-likeness (QED) is 0.118. The first-order chi connectivity index (χ1) is 14.4. The van der Waals surface area contributed by atoms with Crippen molar-refractivity contribution in [2.45, 2.75) is 56.5 Å². The highest BCUT2D eigenvalue weighted by Gasteiger charge is 2.32. The van der Waals surface area contributed by atoms with Gasteiger partial charge in [-0.15, -0.1) is 0 Å². The number of aliphatic hydroxyl groups is 1. The number of hydrogen-bond acceptors (Lipinski definition) is 9. The van der Waals surface area contributed by atoms with Crippen molar-refractivity contribution in [3.63, 3.8) is 0 Å². The maximum absolute atomic E-state index is 12.6. The lowest BCUT2D eigenvalue weighted by Gasteiger charge is -2.26. The molecule has 5 unspecified atom stereocenters. The Hall–Kier alpha value is -2.03. The molecule has 0 aliphatic heterocycles. The number of hydrogen-bond donors (Lipinski definition) is 8. The van der Waals surface area contributed by atoms with Crippen LogP contribution in [0, 0.1) is 0 Å². The summed E-state index contributed by atoms with van der Waals surface area (Å²) in [6, 6.07) is -5.06. The van der Waals surface area contributed by atoms with Gasteiger partial charge in [-0.1, -0.05) is 0 Å². The lowest BCUT2D eigenvalue weighted by Crippen LogP contribution is -2.60. The molecule has 31 heavy (non-hydrogen) atoms. The van der Waals surface area contributed by atoms with E-state index >= 15 is 0 Å². The van der Waals surface area contributed by atoms with Crippen molar-refractivity contribution in [1.82, 2.24) is 16.0 Å². The van der Waals surface area contributed by atoms with Gasteiger partial charge < -0.3 is 37.0 Å². The van der Waals surface area contributed by atoms with E-state index in [1.165, 1.54) is 18.7 Å². The fraction of sp³-hybridized carbons (Fsp3) is 0.706. The van der Waals surface area contributed by atoms with E-state index in [-0.39, 0.29) is 25.0 Å². The van der Waals surface area contributed by atoms with Crippen LogP contribution < -0.4 is 21.7 Å². The Bertz CT molecular complexity index is 650. The van der Waals surface area contributed by atoms with Crippen molar-refractivity contribution in [3.8, 4) is 0 Å². The second kappa shape index (κ2) is 14.9. The van der Waals surface area contributed by atoms with E-state index in [9.17, 15) is 29.1 Å². The van der Waals surface area contributed by atoms with Crippen molar-refractivity contribution < 1.29 is 39.3 Å². The Balaban J connectivity index is 5.25. The largest absolute Gasteiger partial charge is 0.481 e. The molecule has 3 amide bonds. The number of aliphatic carboxylic acids is 2. The topological polar surface area (TPSA) is 208 Å². The maximum atomic E-state index is 12.6. The molecule has 0 aliphatic carbocycles.